The maximum atomic E-state index is 13.5. The fraction of sp³-hybridized carbons (Fsp3) is 0.176. The average Bonchev–Trinajstić information content (AvgIpc) is 3.00. The lowest BCUT2D eigenvalue weighted by atomic mass is 10.0. The van der Waals surface area contributed by atoms with Gasteiger partial charge in [0, 0.05) is 18.9 Å². The molecule has 0 aromatic heterocycles. The summed E-state index contributed by atoms with van der Waals surface area (Å²) in [5.41, 5.74) is 1.73. The number of benzene rings is 2. The Bertz CT molecular complexity index is 748. The highest BCUT2D eigenvalue weighted by atomic mass is 19.1. The van der Waals surface area contributed by atoms with E-state index in [-0.39, 0.29) is 5.69 Å². The van der Waals surface area contributed by atoms with Crippen molar-refractivity contribution in [2.45, 2.75) is 18.9 Å². The number of nitrogens with one attached hydrogen (secondary N) is 1. The maximum absolute atomic E-state index is 13.5. The highest BCUT2D eigenvalue weighted by molar-refractivity contribution is 5.99. The van der Waals surface area contributed by atoms with Gasteiger partial charge in [0.05, 0.1) is 11.4 Å². The molecule has 0 radical (unpaired) electrons. The quantitative estimate of drug-likeness (QED) is 0.941. The molecule has 0 saturated carbocycles. The van der Waals surface area contributed by atoms with Crippen LogP contribution in [-0.4, -0.2) is 17.7 Å². The molecule has 2 aromatic carbocycles. The summed E-state index contributed by atoms with van der Waals surface area (Å²) in [5.74, 6) is -2.05. The largest absolute Gasteiger partial charge is 0.382 e. The summed E-state index contributed by atoms with van der Waals surface area (Å²) in [6, 6.07) is 12.6. The van der Waals surface area contributed by atoms with E-state index in [4.69, 9.17) is 4.84 Å². The molecule has 1 unspecified atom stereocenters. The molecule has 6 heteroatoms. The smallest absolute Gasteiger partial charge is 0.268 e. The van der Waals surface area contributed by atoms with Gasteiger partial charge in [-0.15, -0.1) is 0 Å². The third-order valence-corrected chi connectivity index (χ3v) is 3.46. The summed E-state index contributed by atoms with van der Waals surface area (Å²) < 4.78 is 26.4. The number of rotatable bonds is 4. The summed E-state index contributed by atoms with van der Waals surface area (Å²) in [5, 5.41) is 6.30. The summed E-state index contributed by atoms with van der Waals surface area (Å²) >= 11 is 0. The summed E-state index contributed by atoms with van der Waals surface area (Å²) in [7, 11) is 0. The lowest BCUT2D eigenvalue weighted by molar-refractivity contribution is -0.125. The van der Waals surface area contributed by atoms with Gasteiger partial charge in [0.25, 0.3) is 5.91 Å². The minimum atomic E-state index is -0.832. The Labute approximate surface area is 131 Å². The summed E-state index contributed by atoms with van der Waals surface area (Å²) in [6.45, 7) is 0. The van der Waals surface area contributed by atoms with Crippen molar-refractivity contribution in [3.05, 3.63) is 65.7 Å². The van der Waals surface area contributed by atoms with Crippen molar-refractivity contribution in [1.29, 1.82) is 0 Å². The van der Waals surface area contributed by atoms with Crippen LogP contribution in [0.25, 0.3) is 0 Å². The lowest BCUT2D eigenvalue weighted by Crippen LogP contribution is -2.28. The lowest BCUT2D eigenvalue weighted by Gasteiger charge is -2.10. The molecule has 1 heterocycles. The molecule has 4 nitrogen and oxygen atoms in total. The molecule has 0 aliphatic carbocycles. The van der Waals surface area contributed by atoms with Gasteiger partial charge in [-0.1, -0.05) is 35.5 Å². The molecule has 23 heavy (non-hydrogen) atoms. The van der Waals surface area contributed by atoms with E-state index in [1.165, 1.54) is 6.07 Å². The van der Waals surface area contributed by atoms with Crippen molar-refractivity contribution < 1.29 is 18.4 Å². The van der Waals surface area contributed by atoms with Gasteiger partial charge < -0.3 is 10.2 Å². The second kappa shape index (κ2) is 6.56. The van der Waals surface area contributed by atoms with Gasteiger partial charge in [0.1, 0.15) is 11.6 Å². The first-order valence-electron chi connectivity index (χ1n) is 7.13. The van der Waals surface area contributed by atoms with E-state index in [2.05, 4.69) is 10.5 Å². The zero-order valence-corrected chi connectivity index (χ0v) is 12.1. The fourth-order valence-electron chi connectivity index (χ4n) is 2.31. The standard InChI is InChI=1S/C17H14F2N2O2/c18-12-6-7-15(14(19)9-12)20-17(22)16-10-13(21-23-16)8-11-4-2-1-3-5-11/h1-7,9,16H,8,10H2,(H,20,22). The van der Waals surface area contributed by atoms with Crippen LogP contribution < -0.4 is 5.32 Å². The highest BCUT2D eigenvalue weighted by Gasteiger charge is 2.28. The average molecular weight is 316 g/mol. The second-order valence-corrected chi connectivity index (χ2v) is 5.23. The van der Waals surface area contributed by atoms with Crippen molar-refractivity contribution in [1.82, 2.24) is 0 Å². The fourth-order valence-corrected chi connectivity index (χ4v) is 2.31. The molecule has 3 rings (SSSR count). The van der Waals surface area contributed by atoms with Crippen LogP contribution in [-0.2, 0) is 16.1 Å². The van der Waals surface area contributed by atoms with Gasteiger partial charge in [0.15, 0.2) is 0 Å². The third-order valence-electron chi connectivity index (χ3n) is 3.46. The van der Waals surface area contributed by atoms with Gasteiger partial charge in [-0.3, -0.25) is 4.79 Å². The van der Waals surface area contributed by atoms with Crippen molar-refractivity contribution in [2.75, 3.05) is 5.32 Å². The SMILES string of the molecule is O=C(Nc1ccc(F)cc1F)C1CC(Cc2ccccc2)=NO1. The number of oxime groups is 1. The van der Waals surface area contributed by atoms with Gasteiger partial charge >= 0.3 is 0 Å². The number of carbonyl (C=O) groups excluding carboxylic acids is 1. The van der Waals surface area contributed by atoms with E-state index < -0.39 is 23.6 Å². The molecule has 1 aliphatic heterocycles. The highest BCUT2D eigenvalue weighted by Crippen LogP contribution is 2.19. The normalized spacial score (nSPS) is 16.6. The number of anilines is 1. The molecule has 0 spiro atoms. The van der Waals surface area contributed by atoms with E-state index in [1.54, 1.807) is 0 Å². The van der Waals surface area contributed by atoms with E-state index >= 15 is 0 Å². The molecule has 0 fully saturated rings. The zero-order chi connectivity index (χ0) is 16.2. The second-order valence-electron chi connectivity index (χ2n) is 5.23. The Morgan fingerprint density at radius 1 is 1.22 bits per heavy atom. The van der Waals surface area contributed by atoms with Crippen LogP contribution in [0.3, 0.4) is 0 Å². The molecule has 1 atom stereocenters. The van der Waals surface area contributed by atoms with Crippen molar-refractivity contribution in [2.24, 2.45) is 5.16 Å². The van der Waals surface area contributed by atoms with Crippen LogP contribution >= 0.6 is 0 Å². The molecule has 1 amide bonds. The monoisotopic (exact) mass is 316 g/mol. The van der Waals surface area contributed by atoms with Crippen molar-refractivity contribution in [3.63, 3.8) is 0 Å². The number of carbonyl (C=O) groups is 1. The molecule has 1 aliphatic rings. The zero-order valence-electron chi connectivity index (χ0n) is 12.1. The van der Waals surface area contributed by atoms with Gasteiger partial charge in [-0.05, 0) is 17.7 Å². The van der Waals surface area contributed by atoms with E-state index in [0.717, 1.165) is 17.3 Å². The third kappa shape index (κ3) is 3.71. The molecular weight excluding hydrogens is 302 g/mol. The maximum Gasteiger partial charge on any atom is 0.268 e. The van der Waals surface area contributed by atoms with E-state index in [1.807, 2.05) is 30.3 Å². The number of hydrogen-bond donors (Lipinski definition) is 1. The number of hydrogen-bond acceptors (Lipinski definition) is 3. The Balaban J connectivity index is 1.58. The summed E-state index contributed by atoms with van der Waals surface area (Å²) in [6.07, 6.45) is 0.122. The molecule has 0 bridgehead atoms. The van der Waals surface area contributed by atoms with Gasteiger partial charge in [-0.25, -0.2) is 8.78 Å². The number of amides is 1. The molecule has 118 valence electrons. The predicted molar refractivity (Wildman–Crippen MR) is 82.1 cm³/mol. The topological polar surface area (TPSA) is 50.7 Å². The summed E-state index contributed by atoms with van der Waals surface area (Å²) in [4.78, 5) is 17.2. The minimum absolute atomic E-state index is 0.0866. The number of halogens is 2. The molecular formula is C17H14F2N2O2. The van der Waals surface area contributed by atoms with Gasteiger partial charge in [-0.2, -0.15) is 0 Å². The van der Waals surface area contributed by atoms with E-state index in [0.29, 0.717) is 18.9 Å². The van der Waals surface area contributed by atoms with E-state index in [9.17, 15) is 13.6 Å². The first kappa shape index (κ1) is 15.1. The van der Waals surface area contributed by atoms with Crippen LogP contribution in [0.1, 0.15) is 12.0 Å². The number of nitrogens with zero attached hydrogens (tertiary/aromatic N) is 1. The van der Waals surface area contributed by atoms with Crippen LogP contribution in [0, 0.1) is 11.6 Å². The van der Waals surface area contributed by atoms with Crippen molar-refractivity contribution >= 4 is 17.3 Å². The van der Waals surface area contributed by atoms with Crippen LogP contribution in [0.15, 0.2) is 53.7 Å². The Morgan fingerprint density at radius 3 is 2.74 bits per heavy atom. The van der Waals surface area contributed by atoms with Gasteiger partial charge in [0.2, 0.25) is 6.10 Å². The predicted octanol–water partition coefficient (Wildman–Crippen LogP) is 3.29. The van der Waals surface area contributed by atoms with Crippen LogP contribution in [0.2, 0.25) is 0 Å². The molecule has 2 aromatic rings. The minimum Gasteiger partial charge on any atom is -0.382 e. The van der Waals surface area contributed by atoms with Crippen LogP contribution in [0.4, 0.5) is 14.5 Å². The Hall–Kier alpha value is -2.76. The van der Waals surface area contributed by atoms with Crippen LogP contribution in [0.5, 0.6) is 0 Å². The Morgan fingerprint density at radius 2 is 2.00 bits per heavy atom. The molecule has 1 N–H and O–H groups in total. The first-order chi connectivity index (χ1) is 11.1. The molecule has 0 saturated heterocycles. The van der Waals surface area contributed by atoms with Crippen molar-refractivity contribution in [3.8, 4) is 0 Å². The Kier molecular flexibility index (Phi) is 4.32. The first-order valence-corrected chi connectivity index (χ1v) is 7.13.